The van der Waals surface area contributed by atoms with Crippen molar-refractivity contribution in [1.29, 1.82) is 0 Å². The summed E-state index contributed by atoms with van der Waals surface area (Å²) in [4.78, 5) is 15.2. The number of hydrogen-bond donors (Lipinski definition) is 0. The van der Waals surface area contributed by atoms with E-state index in [-0.39, 0.29) is 23.6 Å². The summed E-state index contributed by atoms with van der Waals surface area (Å²) in [6, 6.07) is 0. The molecule has 3 aliphatic heterocycles. The van der Waals surface area contributed by atoms with Gasteiger partial charge in [0, 0.05) is 19.0 Å². The van der Waals surface area contributed by atoms with E-state index in [9.17, 15) is 4.79 Å². The van der Waals surface area contributed by atoms with Crippen LogP contribution in [0.4, 0.5) is 0 Å². The molecule has 7 atom stereocenters. The van der Waals surface area contributed by atoms with Gasteiger partial charge in [0.25, 0.3) is 0 Å². The molecule has 0 aromatic heterocycles. The second-order valence-electron chi connectivity index (χ2n) is 10.1. The first kappa shape index (κ1) is 16.6. The molecular formula is C21H33NO3. The molecule has 5 fully saturated rings. The highest BCUT2D eigenvalue weighted by Gasteiger charge is 2.65. The summed E-state index contributed by atoms with van der Waals surface area (Å²) in [5.74, 6) is 1.99. The van der Waals surface area contributed by atoms with E-state index >= 15 is 0 Å². The molecule has 5 rings (SSSR count). The van der Waals surface area contributed by atoms with E-state index in [1.165, 1.54) is 32.1 Å². The maximum absolute atomic E-state index is 12.7. The monoisotopic (exact) mass is 347 g/mol. The van der Waals surface area contributed by atoms with E-state index in [2.05, 4.69) is 18.7 Å². The van der Waals surface area contributed by atoms with Gasteiger partial charge in [-0.15, -0.1) is 0 Å². The smallest absolute Gasteiger partial charge is 0.310 e. The van der Waals surface area contributed by atoms with Crippen LogP contribution in [-0.4, -0.2) is 48.8 Å². The highest BCUT2D eigenvalue weighted by molar-refractivity contribution is 5.75. The molecule has 0 unspecified atom stereocenters. The number of hydrogen-bond acceptors (Lipinski definition) is 4. The minimum Gasteiger partial charge on any atom is -0.462 e. The van der Waals surface area contributed by atoms with E-state index in [0.29, 0.717) is 17.3 Å². The number of epoxide rings is 1. The molecule has 0 N–H and O–H groups in total. The number of rotatable bonds is 2. The first-order chi connectivity index (χ1) is 12.0. The van der Waals surface area contributed by atoms with Crippen molar-refractivity contribution in [3.05, 3.63) is 0 Å². The third kappa shape index (κ3) is 2.66. The molecule has 4 heteroatoms. The maximum Gasteiger partial charge on any atom is 0.310 e. The third-order valence-corrected chi connectivity index (χ3v) is 8.28. The summed E-state index contributed by atoms with van der Waals surface area (Å²) in [6.45, 7) is 8.94. The predicted octanol–water partition coefficient (Wildman–Crippen LogP) is 3.25. The molecule has 0 amide bonds. The summed E-state index contributed by atoms with van der Waals surface area (Å²) in [6.07, 6.45) is 8.74. The van der Waals surface area contributed by atoms with Crippen LogP contribution >= 0.6 is 0 Å². The van der Waals surface area contributed by atoms with Crippen molar-refractivity contribution >= 4 is 5.97 Å². The Morgan fingerprint density at radius 3 is 2.88 bits per heavy atom. The first-order valence-electron chi connectivity index (χ1n) is 10.6. The van der Waals surface area contributed by atoms with E-state index in [4.69, 9.17) is 9.47 Å². The SMILES string of the molecule is C[C@@H]1CCCN(C[C@@H]2C(=O)O[C@@H]3C[C@@]4(C)CCC[C@]5(CO5)[C@@H]4C[C@H]23)C1. The molecule has 2 aliphatic carbocycles. The Bertz CT molecular complexity index is 559. The van der Waals surface area contributed by atoms with Crippen molar-refractivity contribution in [3.8, 4) is 0 Å². The molecule has 3 saturated heterocycles. The minimum atomic E-state index is 0.0845. The number of likely N-dealkylation sites (tertiary alicyclic amines) is 1. The Hall–Kier alpha value is -0.610. The van der Waals surface area contributed by atoms with Gasteiger partial charge in [0.2, 0.25) is 0 Å². The summed E-state index contributed by atoms with van der Waals surface area (Å²) in [5.41, 5.74) is 0.471. The zero-order chi connectivity index (χ0) is 17.2. The number of ether oxygens (including phenoxy) is 2. The van der Waals surface area contributed by atoms with Crippen LogP contribution < -0.4 is 0 Å². The lowest BCUT2D eigenvalue weighted by molar-refractivity contribution is -0.147. The lowest BCUT2D eigenvalue weighted by Gasteiger charge is -2.51. The molecular weight excluding hydrogens is 314 g/mol. The van der Waals surface area contributed by atoms with Crippen LogP contribution in [0.15, 0.2) is 0 Å². The van der Waals surface area contributed by atoms with Gasteiger partial charge in [-0.3, -0.25) is 4.79 Å². The van der Waals surface area contributed by atoms with Crippen LogP contribution in [0.5, 0.6) is 0 Å². The van der Waals surface area contributed by atoms with E-state index in [0.717, 1.165) is 45.0 Å². The standard InChI is InChI=1S/C21H33NO3/c1-14-5-3-8-22(11-14)12-16-15-9-18-20(2,10-17(15)25-19(16)23)6-4-7-21(18)13-24-21/h14-18H,3-13H2,1-2H3/t14-,15-,16+,17-,18-,20-,21+/m1/s1. The molecule has 3 heterocycles. The van der Waals surface area contributed by atoms with Gasteiger partial charge in [-0.25, -0.2) is 0 Å². The van der Waals surface area contributed by atoms with E-state index < -0.39 is 0 Å². The van der Waals surface area contributed by atoms with Crippen molar-refractivity contribution < 1.29 is 14.3 Å². The Balaban J connectivity index is 1.34. The van der Waals surface area contributed by atoms with Crippen molar-refractivity contribution in [2.45, 2.75) is 70.5 Å². The molecule has 5 aliphatic rings. The quantitative estimate of drug-likeness (QED) is 0.568. The lowest BCUT2D eigenvalue weighted by Crippen LogP contribution is -2.51. The van der Waals surface area contributed by atoms with Crippen LogP contribution in [0.3, 0.4) is 0 Å². The molecule has 0 aromatic carbocycles. The number of nitrogens with zero attached hydrogens (tertiary/aromatic N) is 1. The first-order valence-corrected chi connectivity index (χ1v) is 10.6. The Morgan fingerprint density at radius 2 is 2.12 bits per heavy atom. The normalized spacial score (nSPS) is 52.6. The van der Waals surface area contributed by atoms with Crippen molar-refractivity contribution in [1.82, 2.24) is 4.90 Å². The zero-order valence-corrected chi connectivity index (χ0v) is 15.8. The molecule has 1 spiro atoms. The molecule has 25 heavy (non-hydrogen) atoms. The van der Waals surface area contributed by atoms with Crippen LogP contribution in [0.1, 0.15) is 58.8 Å². The third-order valence-electron chi connectivity index (χ3n) is 8.28. The maximum atomic E-state index is 12.7. The van der Waals surface area contributed by atoms with Gasteiger partial charge in [0.05, 0.1) is 18.1 Å². The predicted molar refractivity (Wildman–Crippen MR) is 95.1 cm³/mol. The van der Waals surface area contributed by atoms with Gasteiger partial charge in [0.15, 0.2) is 0 Å². The van der Waals surface area contributed by atoms with Crippen molar-refractivity contribution in [3.63, 3.8) is 0 Å². The Kier molecular flexibility index (Phi) is 3.77. The highest BCUT2D eigenvalue weighted by atomic mass is 16.6. The van der Waals surface area contributed by atoms with Crippen LogP contribution in [0.2, 0.25) is 0 Å². The fourth-order valence-corrected chi connectivity index (χ4v) is 6.90. The molecule has 0 bridgehead atoms. The van der Waals surface area contributed by atoms with Crippen LogP contribution in [0, 0.1) is 29.1 Å². The van der Waals surface area contributed by atoms with Gasteiger partial charge in [-0.1, -0.05) is 13.8 Å². The summed E-state index contributed by atoms with van der Waals surface area (Å²) < 4.78 is 12.0. The van der Waals surface area contributed by atoms with E-state index in [1.807, 2.05) is 0 Å². The topological polar surface area (TPSA) is 42.1 Å². The second kappa shape index (κ2) is 5.69. The number of piperidine rings is 1. The molecule has 140 valence electrons. The fourth-order valence-electron chi connectivity index (χ4n) is 6.90. The summed E-state index contributed by atoms with van der Waals surface area (Å²) in [7, 11) is 0. The van der Waals surface area contributed by atoms with Gasteiger partial charge >= 0.3 is 5.97 Å². The van der Waals surface area contributed by atoms with Gasteiger partial charge < -0.3 is 14.4 Å². The molecule has 0 aromatic rings. The highest BCUT2D eigenvalue weighted by Crippen LogP contribution is 2.62. The van der Waals surface area contributed by atoms with Crippen molar-refractivity contribution in [2.24, 2.45) is 29.1 Å². The average molecular weight is 347 g/mol. The molecule has 2 saturated carbocycles. The number of esters is 1. The van der Waals surface area contributed by atoms with Gasteiger partial charge in [-0.2, -0.15) is 0 Å². The summed E-state index contributed by atoms with van der Waals surface area (Å²) >= 11 is 0. The second-order valence-corrected chi connectivity index (χ2v) is 10.1. The number of carbonyl (C=O) groups is 1. The van der Waals surface area contributed by atoms with Crippen molar-refractivity contribution in [2.75, 3.05) is 26.2 Å². The minimum absolute atomic E-state index is 0.0845. The van der Waals surface area contributed by atoms with Crippen LogP contribution in [0.25, 0.3) is 0 Å². The zero-order valence-electron chi connectivity index (χ0n) is 15.8. The lowest BCUT2D eigenvalue weighted by atomic mass is 9.53. The average Bonchev–Trinajstić information content (AvgIpc) is 3.26. The van der Waals surface area contributed by atoms with Gasteiger partial charge in [-0.05, 0) is 68.7 Å². The van der Waals surface area contributed by atoms with Gasteiger partial charge in [0.1, 0.15) is 6.10 Å². The van der Waals surface area contributed by atoms with Crippen LogP contribution in [-0.2, 0) is 14.3 Å². The summed E-state index contributed by atoms with van der Waals surface area (Å²) in [5, 5.41) is 0. The Morgan fingerprint density at radius 1 is 1.28 bits per heavy atom. The molecule has 4 nitrogen and oxygen atoms in total. The van der Waals surface area contributed by atoms with E-state index in [1.54, 1.807) is 0 Å². The fraction of sp³-hybridized carbons (Fsp3) is 0.952. The number of carbonyl (C=O) groups excluding carboxylic acids is 1. The molecule has 0 radical (unpaired) electrons. The Labute approximate surface area is 151 Å². The largest absolute Gasteiger partial charge is 0.462 e. The number of fused-ring (bicyclic) bond motifs is 3.